The van der Waals surface area contributed by atoms with Gasteiger partial charge in [0.05, 0.1) is 6.04 Å². The van der Waals surface area contributed by atoms with E-state index in [0.29, 0.717) is 6.04 Å². The van der Waals surface area contributed by atoms with E-state index < -0.39 is 5.54 Å². The summed E-state index contributed by atoms with van der Waals surface area (Å²) < 4.78 is 0. The topological polar surface area (TPSA) is 41.8 Å². The van der Waals surface area contributed by atoms with Crippen molar-refractivity contribution in [2.75, 3.05) is 0 Å². The van der Waals surface area contributed by atoms with Crippen LogP contribution in [0, 0.1) is 4.91 Å². The SMILES string of the molecule is CC1CC=C(C(C)(C)N=O)C=N1. The van der Waals surface area contributed by atoms with Gasteiger partial charge in [0.25, 0.3) is 0 Å². The Hall–Kier alpha value is -0.990. The molecule has 0 radical (unpaired) electrons. The zero-order chi connectivity index (χ0) is 9.19. The molecular formula is C9H14N2O. The minimum atomic E-state index is -0.621. The van der Waals surface area contributed by atoms with E-state index >= 15 is 0 Å². The second-order valence-corrected chi connectivity index (χ2v) is 3.67. The molecule has 1 aliphatic heterocycles. The third-order valence-corrected chi connectivity index (χ3v) is 2.08. The molecule has 0 amide bonds. The van der Waals surface area contributed by atoms with Gasteiger partial charge in [-0.25, -0.2) is 0 Å². The lowest BCUT2D eigenvalue weighted by atomic mass is 9.93. The number of nitrogens with zero attached hydrogens (tertiary/aromatic N) is 2. The van der Waals surface area contributed by atoms with Gasteiger partial charge < -0.3 is 0 Å². The van der Waals surface area contributed by atoms with Crippen LogP contribution in [0.5, 0.6) is 0 Å². The molecule has 0 bridgehead atoms. The van der Waals surface area contributed by atoms with E-state index in [1.807, 2.05) is 13.0 Å². The lowest BCUT2D eigenvalue weighted by Crippen LogP contribution is -2.23. The zero-order valence-corrected chi connectivity index (χ0v) is 7.74. The molecule has 0 fully saturated rings. The number of aliphatic imine (C=N–C) groups is 1. The Morgan fingerprint density at radius 1 is 1.67 bits per heavy atom. The average Bonchev–Trinajstić information content (AvgIpc) is 2.05. The van der Waals surface area contributed by atoms with Crippen molar-refractivity contribution >= 4 is 6.21 Å². The van der Waals surface area contributed by atoms with Gasteiger partial charge in [0.15, 0.2) is 0 Å². The smallest absolute Gasteiger partial charge is 0.123 e. The van der Waals surface area contributed by atoms with E-state index in [9.17, 15) is 4.91 Å². The zero-order valence-electron chi connectivity index (χ0n) is 7.74. The van der Waals surface area contributed by atoms with Crippen LogP contribution in [0.2, 0.25) is 0 Å². The molecule has 1 atom stereocenters. The molecule has 0 aromatic carbocycles. The van der Waals surface area contributed by atoms with Crippen LogP contribution in [0.4, 0.5) is 0 Å². The van der Waals surface area contributed by atoms with Gasteiger partial charge in [-0.05, 0) is 32.8 Å². The molecule has 0 spiro atoms. The van der Waals surface area contributed by atoms with Crippen molar-refractivity contribution in [2.45, 2.75) is 38.8 Å². The molecule has 0 saturated carbocycles. The predicted molar refractivity (Wildman–Crippen MR) is 50.5 cm³/mol. The summed E-state index contributed by atoms with van der Waals surface area (Å²) in [5.41, 5.74) is 0.305. The Kier molecular flexibility index (Phi) is 2.40. The van der Waals surface area contributed by atoms with E-state index in [4.69, 9.17) is 0 Å². The highest BCUT2D eigenvalue weighted by molar-refractivity contribution is 5.82. The normalized spacial score (nSPS) is 23.6. The second kappa shape index (κ2) is 3.17. The first-order valence-corrected chi connectivity index (χ1v) is 4.14. The molecule has 66 valence electrons. The first-order valence-electron chi connectivity index (χ1n) is 4.14. The fourth-order valence-corrected chi connectivity index (χ4v) is 1.08. The monoisotopic (exact) mass is 166 g/mol. The van der Waals surface area contributed by atoms with Gasteiger partial charge in [0.2, 0.25) is 0 Å². The Morgan fingerprint density at radius 2 is 2.33 bits per heavy atom. The maximum atomic E-state index is 10.5. The standard InChI is InChI=1S/C9H14N2O/c1-7-4-5-8(6-10-7)9(2,3)11-12/h5-7H,4H2,1-3H3. The average molecular weight is 166 g/mol. The molecule has 12 heavy (non-hydrogen) atoms. The highest BCUT2D eigenvalue weighted by Crippen LogP contribution is 2.22. The van der Waals surface area contributed by atoms with E-state index in [-0.39, 0.29) is 0 Å². The summed E-state index contributed by atoms with van der Waals surface area (Å²) in [4.78, 5) is 14.7. The van der Waals surface area contributed by atoms with Gasteiger partial charge in [-0.2, -0.15) is 0 Å². The van der Waals surface area contributed by atoms with E-state index in [1.165, 1.54) is 0 Å². The van der Waals surface area contributed by atoms with Gasteiger partial charge >= 0.3 is 0 Å². The van der Waals surface area contributed by atoms with Crippen molar-refractivity contribution in [2.24, 2.45) is 10.2 Å². The third kappa shape index (κ3) is 1.78. The summed E-state index contributed by atoms with van der Waals surface area (Å²) in [6, 6.07) is 0.344. The fourth-order valence-electron chi connectivity index (χ4n) is 1.08. The second-order valence-electron chi connectivity index (χ2n) is 3.67. The van der Waals surface area contributed by atoms with Crippen LogP contribution >= 0.6 is 0 Å². The number of nitroso groups, excluding NO2 is 1. The van der Waals surface area contributed by atoms with Gasteiger partial charge in [0.1, 0.15) is 5.54 Å². The molecule has 1 unspecified atom stereocenters. The molecule has 3 heteroatoms. The van der Waals surface area contributed by atoms with E-state index in [1.54, 1.807) is 20.1 Å². The summed E-state index contributed by atoms with van der Waals surface area (Å²) in [6.45, 7) is 5.65. The third-order valence-electron chi connectivity index (χ3n) is 2.08. The number of dihydropyridines is 1. The van der Waals surface area contributed by atoms with Crippen molar-refractivity contribution in [1.29, 1.82) is 0 Å². The quantitative estimate of drug-likeness (QED) is 0.580. The van der Waals surface area contributed by atoms with Crippen molar-refractivity contribution < 1.29 is 0 Å². The molecule has 1 heterocycles. The van der Waals surface area contributed by atoms with Gasteiger partial charge in [0, 0.05) is 6.21 Å². The van der Waals surface area contributed by atoms with Crippen molar-refractivity contribution in [3.63, 3.8) is 0 Å². The summed E-state index contributed by atoms with van der Waals surface area (Å²) >= 11 is 0. The predicted octanol–water partition coefficient (Wildman–Crippen LogP) is 2.32. The molecule has 1 aliphatic rings. The molecule has 0 N–H and O–H groups in total. The summed E-state index contributed by atoms with van der Waals surface area (Å²) in [5, 5.41) is 3.06. The lowest BCUT2D eigenvalue weighted by Gasteiger charge is -2.20. The largest absolute Gasteiger partial charge is 0.289 e. The van der Waals surface area contributed by atoms with Crippen LogP contribution < -0.4 is 0 Å². The molecule has 0 aliphatic carbocycles. The maximum absolute atomic E-state index is 10.5. The highest BCUT2D eigenvalue weighted by Gasteiger charge is 2.24. The molecule has 1 rings (SSSR count). The van der Waals surface area contributed by atoms with Gasteiger partial charge in [-0.15, -0.1) is 4.91 Å². The van der Waals surface area contributed by atoms with Crippen molar-refractivity contribution in [1.82, 2.24) is 0 Å². The van der Waals surface area contributed by atoms with Gasteiger partial charge in [-0.3, -0.25) is 4.99 Å². The van der Waals surface area contributed by atoms with Gasteiger partial charge in [-0.1, -0.05) is 11.3 Å². The van der Waals surface area contributed by atoms with Crippen LogP contribution in [0.15, 0.2) is 21.8 Å². The number of hydrogen-bond acceptors (Lipinski definition) is 3. The maximum Gasteiger partial charge on any atom is 0.123 e. The first-order chi connectivity index (χ1) is 5.56. The Labute approximate surface area is 72.6 Å². The minimum absolute atomic E-state index is 0.344. The Morgan fingerprint density at radius 3 is 2.75 bits per heavy atom. The molecule has 3 nitrogen and oxygen atoms in total. The Balaban J connectivity index is 2.79. The minimum Gasteiger partial charge on any atom is -0.289 e. The van der Waals surface area contributed by atoms with Crippen LogP contribution in [0.1, 0.15) is 27.2 Å². The van der Waals surface area contributed by atoms with Crippen LogP contribution in [-0.2, 0) is 0 Å². The molecule has 0 aromatic heterocycles. The summed E-state index contributed by atoms with van der Waals surface area (Å²) in [7, 11) is 0. The van der Waals surface area contributed by atoms with Crippen LogP contribution in [0.3, 0.4) is 0 Å². The molecule has 0 aromatic rings. The first kappa shape index (κ1) is 9.10. The van der Waals surface area contributed by atoms with E-state index in [2.05, 4.69) is 10.2 Å². The van der Waals surface area contributed by atoms with E-state index in [0.717, 1.165) is 12.0 Å². The number of rotatable bonds is 2. The summed E-state index contributed by atoms with van der Waals surface area (Å²) in [5.74, 6) is 0. The lowest BCUT2D eigenvalue weighted by molar-refractivity contribution is 0.617. The fraction of sp³-hybridized carbons (Fsp3) is 0.667. The van der Waals surface area contributed by atoms with Crippen molar-refractivity contribution in [3.8, 4) is 0 Å². The highest BCUT2D eigenvalue weighted by atomic mass is 16.3. The summed E-state index contributed by atoms with van der Waals surface area (Å²) in [6.07, 6.45) is 4.71. The molecule has 0 saturated heterocycles. The number of hydrogen-bond donors (Lipinski definition) is 0. The van der Waals surface area contributed by atoms with Crippen LogP contribution in [0.25, 0.3) is 0 Å². The Bertz CT molecular complexity index is 241. The van der Waals surface area contributed by atoms with Crippen LogP contribution in [-0.4, -0.2) is 17.8 Å². The molecular weight excluding hydrogens is 152 g/mol. The van der Waals surface area contributed by atoms with Crippen molar-refractivity contribution in [3.05, 3.63) is 16.6 Å².